The van der Waals surface area contributed by atoms with E-state index in [2.05, 4.69) is 23.6 Å². The Balaban J connectivity index is 1.48. The van der Waals surface area contributed by atoms with Crippen molar-refractivity contribution < 1.29 is 4.79 Å². The van der Waals surface area contributed by atoms with Crippen LogP contribution in [0.15, 0.2) is 58.8 Å². The summed E-state index contributed by atoms with van der Waals surface area (Å²) in [5.74, 6) is 0.791. The van der Waals surface area contributed by atoms with Crippen molar-refractivity contribution in [3.05, 3.63) is 70.7 Å². The first-order valence-electron chi connectivity index (χ1n) is 8.75. The maximum absolute atomic E-state index is 12.1. The lowest BCUT2D eigenvalue weighted by molar-refractivity contribution is -0.115. The number of carbonyl (C=O) groups is 1. The van der Waals surface area contributed by atoms with Gasteiger partial charge in [0.1, 0.15) is 0 Å². The number of benzene rings is 2. The summed E-state index contributed by atoms with van der Waals surface area (Å²) in [5, 5.41) is 2.78. The molecular formula is C21H20N2OS2. The van der Waals surface area contributed by atoms with Crippen molar-refractivity contribution in [1.82, 2.24) is 4.98 Å². The molecule has 26 heavy (non-hydrogen) atoms. The number of rotatable bonds is 5. The van der Waals surface area contributed by atoms with E-state index in [0.29, 0.717) is 0 Å². The summed E-state index contributed by atoms with van der Waals surface area (Å²) in [4.78, 5) is 19.8. The number of fused-ring (bicyclic) bond motifs is 1. The molecule has 1 aliphatic rings. The fourth-order valence-electron chi connectivity index (χ4n) is 3.26. The largest absolute Gasteiger partial charge is 0.274 e. The number of aromatic nitrogens is 1. The standard InChI is InChI=1S/C21H20N2OS2/c1-15(24)23(19-8-3-2-4-9-19)21-22-18(14-26-21)13-25-20-11-10-16-6-5-7-17(16)12-20/h2-4,8-12,14H,5-7,13H2,1H3. The molecule has 0 aliphatic heterocycles. The number of anilines is 2. The molecule has 1 heterocycles. The molecule has 2 aromatic carbocycles. The van der Waals surface area contributed by atoms with Crippen LogP contribution in [0.3, 0.4) is 0 Å². The molecule has 1 aliphatic carbocycles. The molecule has 1 amide bonds. The smallest absolute Gasteiger partial charge is 0.230 e. The molecule has 5 heteroatoms. The highest BCUT2D eigenvalue weighted by atomic mass is 32.2. The van der Waals surface area contributed by atoms with E-state index in [9.17, 15) is 4.79 Å². The van der Waals surface area contributed by atoms with Crippen LogP contribution >= 0.6 is 23.1 Å². The monoisotopic (exact) mass is 380 g/mol. The third-order valence-corrected chi connectivity index (χ3v) is 6.42. The van der Waals surface area contributed by atoms with E-state index in [1.54, 1.807) is 11.8 Å². The average Bonchev–Trinajstić information content (AvgIpc) is 3.29. The van der Waals surface area contributed by atoms with Crippen LogP contribution in [0.1, 0.15) is 30.2 Å². The van der Waals surface area contributed by atoms with Crippen molar-refractivity contribution in [3.8, 4) is 0 Å². The highest BCUT2D eigenvalue weighted by Gasteiger charge is 2.18. The Morgan fingerprint density at radius 1 is 1.15 bits per heavy atom. The molecule has 132 valence electrons. The summed E-state index contributed by atoms with van der Waals surface area (Å²) in [6.45, 7) is 1.58. The summed E-state index contributed by atoms with van der Waals surface area (Å²) in [6.07, 6.45) is 3.70. The van der Waals surface area contributed by atoms with Gasteiger partial charge in [-0.15, -0.1) is 23.1 Å². The number of hydrogen-bond acceptors (Lipinski definition) is 4. The number of carbonyl (C=O) groups excluding carboxylic acids is 1. The summed E-state index contributed by atoms with van der Waals surface area (Å²) >= 11 is 3.33. The second-order valence-electron chi connectivity index (χ2n) is 6.38. The van der Waals surface area contributed by atoms with Crippen LogP contribution in [0.25, 0.3) is 0 Å². The van der Waals surface area contributed by atoms with E-state index in [1.807, 2.05) is 42.1 Å². The van der Waals surface area contributed by atoms with Gasteiger partial charge in [-0.05, 0) is 54.7 Å². The van der Waals surface area contributed by atoms with Gasteiger partial charge >= 0.3 is 0 Å². The van der Waals surface area contributed by atoms with Gasteiger partial charge in [0.25, 0.3) is 0 Å². The Morgan fingerprint density at radius 3 is 2.77 bits per heavy atom. The third-order valence-electron chi connectivity index (χ3n) is 4.52. The SMILES string of the molecule is CC(=O)N(c1ccccc1)c1nc(CSc2ccc3c(c2)CCC3)cs1. The molecule has 3 nitrogen and oxygen atoms in total. The number of amides is 1. The minimum atomic E-state index is -0.0247. The molecule has 0 bridgehead atoms. The quantitative estimate of drug-likeness (QED) is 0.540. The van der Waals surface area contributed by atoms with Crippen LogP contribution in [0, 0.1) is 0 Å². The van der Waals surface area contributed by atoms with Gasteiger partial charge in [-0.25, -0.2) is 4.98 Å². The van der Waals surface area contributed by atoms with E-state index in [4.69, 9.17) is 4.98 Å². The van der Waals surface area contributed by atoms with Crippen LogP contribution < -0.4 is 4.90 Å². The first-order chi connectivity index (χ1) is 12.7. The molecule has 0 spiro atoms. The molecule has 0 saturated carbocycles. The van der Waals surface area contributed by atoms with Crippen molar-refractivity contribution in [2.75, 3.05) is 4.90 Å². The van der Waals surface area contributed by atoms with Crippen LogP contribution in [0.4, 0.5) is 10.8 Å². The lowest BCUT2D eigenvalue weighted by atomic mass is 10.1. The summed E-state index contributed by atoms with van der Waals surface area (Å²) in [5.41, 5.74) is 4.87. The zero-order valence-corrected chi connectivity index (χ0v) is 16.3. The summed E-state index contributed by atoms with van der Waals surface area (Å²) in [6, 6.07) is 16.5. The van der Waals surface area contributed by atoms with Gasteiger partial charge in [-0.1, -0.05) is 24.3 Å². The Labute approximate surface area is 162 Å². The second-order valence-corrected chi connectivity index (χ2v) is 8.27. The Bertz CT molecular complexity index is 921. The number of nitrogens with zero attached hydrogens (tertiary/aromatic N) is 2. The van der Waals surface area contributed by atoms with Gasteiger partial charge in [0.05, 0.1) is 11.4 Å². The second kappa shape index (κ2) is 7.64. The molecule has 0 fully saturated rings. The van der Waals surface area contributed by atoms with Crippen molar-refractivity contribution in [2.24, 2.45) is 0 Å². The molecule has 1 aromatic heterocycles. The Morgan fingerprint density at radius 2 is 1.96 bits per heavy atom. The van der Waals surface area contributed by atoms with E-state index in [-0.39, 0.29) is 5.91 Å². The molecule has 0 N–H and O–H groups in total. The summed E-state index contributed by atoms with van der Waals surface area (Å²) < 4.78 is 0. The minimum Gasteiger partial charge on any atom is -0.274 e. The zero-order chi connectivity index (χ0) is 17.9. The Hall–Kier alpha value is -2.11. The molecular weight excluding hydrogens is 360 g/mol. The van der Waals surface area contributed by atoms with Gasteiger partial charge in [-0.3, -0.25) is 9.69 Å². The zero-order valence-electron chi connectivity index (χ0n) is 14.6. The highest BCUT2D eigenvalue weighted by Crippen LogP contribution is 2.32. The van der Waals surface area contributed by atoms with Crippen LogP contribution in [0.5, 0.6) is 0 Å². The first kappa shape index (κ1) is 17.3. The van der Waals surface area contributed by atoms with Crippen LogP contribution in [-0.4, -0.2) is 10.9 Å². The Kier molecular flexibility index (Phi) is 5.09. The number of thiazole rings is 1. The van der Waals surface area contributed by atoms with E-state index < -0.39 is 0 Å². The maximum atomic E-state index is 12.1. The fraction of sp³-hybridized carbons (Fsp3) is 0.238. The average molecular weight is 381 g/mol. The maximum Gasteiger partial charge on any atom is 0.230 e. The van der Waals surface area contributed by atoms with Crippen LogP contribution in [0.2, 0.25) is 0 Å². The topological polar surface area (TPSA) is 33.2 Å². The molecule has 0 radical (unpaired) electrons. The normalized spacial score (nSPS) is 12.8. The van der Waals surface area contributed by atoms with Crippen LogP contribution in [-0.2, 0) is 23.4 Å². The molecule has 0 saturated heterocycles. The number of para-hydroxylation sites is 1. The lowest BCUT2D eigenvalue weighted by Crippen LogP contribution is -2.22. The van der Waals surface area contributed by atoms with Gasteiger partial charge in [0, 0.05) is 23.0 Å². The van der Waals surface area contributed by atoms with E-state index in [0.717, 1.165) is 22.3 Å². The first-order valence-corrected chi connectivity index (χ1v) is 10.6. The van der Waals surface area contributed by atoms with Crippen molar-refractivity contribution in [2.45, 2.75) is 36.8 Å². The van der Waals surface area contributed by atoms with E-state index in [1.165, 1.54) is 46.6 Å². The van der Waals surface area contributed by atoms with E-state index >= 15 is 0 Å². The minimum absolute atomic E-state index is 0.0247. The van der Waals surface area contributed by atoms with Gasteiger partial charge in [-0.2, -0.15) is 0 Å². The van der Waals surface area contributed by atoms with Gasteiger partial charge in [0.15, 0.2) is 5.13 Å². The molecule has 4 rings (SSSR count). The van der Waals surface area contributed by atoms with Gasteiger partial charge in [0.2, 0.25) is 5.91 Å². The molecule has 0 atom stereocenters. The number of hydrogen-bond donors (Lipinski definition) is 0. The highest BCUT2D eigenvalue weighted by molar-refractivity contribution is 7.98. The lowest BCUT2D eigenvalue weighted by Gasteiger charge is -2.17. The van der Waals surface area contributed by atoms with Crippen molar-refractivity contribution >= 4 is 39.8 Å². The molecule has 3 aromatic rings. The predicted molar refractivity (Wildman–Crippen MR) is 109 cm³/mol. The molecule has 0 unspecified atom stereocenters. The summed E-state index contributed by atoms with van der Waals surface area (Å²) in [7, 11) is 0. The third kappa shape index (κ3) is 3.69. The number of aryl methyl sites for hydroxylation is 2. The van der Waals surface area contributed by atoms with Gasteiger partial charge < -0.3 is 0 Å². The fourth-order valence-corrected chi connectivity index (χ4v) is 5.11. The number of thioether (sulfide) groups is 1. The van der Waals surface area contributed by atoms with Crippen molar-refractivity contribution in [3.63, 3.8) is 0 Å². The predicted octanol–water partition coefficient (Wildman–Crippen LogP) is 5.61. The van der Waals surface area contributed by atoms with Crippen molar-refractivity contribution in [1.29, 1.82) is 0 Å².